The van der Waals surface area contributed by atoms with Gasteiger partial charge in [0, 0.05) is 23.2 Å². The highest BCUT2D eigenvalue weighted by Crippen LogP contribution is 2.37. The molecule has 3 unspecified atom stereocenters. The van der Waals surface area contributed by atoms with Crippen LogP contribution in [-0.4, -0.2) is 13.1 Å². The summed E-state index contributed by atoms with van der Waals surface area (Å²) in [5.74, 6) is 1.22. The van der Waals surface area contributed by atoms with E-state index in [9.17, 15) is 4.39 Å². The van der Waals surface area contributed by atoms with E-state index in [1.165, 1.54) is 12.5 Å². The van der Waals surface area contributed by atoms with Crippen LogP contribution < -0.4 is 11.1 Å². The summed E-state index contributed by atoms with van der Waals surface area (Å²) in [7, 11) is 0. The average molecular weight is 257 g/mol. The number of hydrogen-bond acceptors (Lipinski definition) is 2. The van der Waals surface area contributed by atoms with Crippen LogP contribution in [0.1, 0.15) is 24.9 Å². The maximum absolute atomic E-state index is 13.7. The first-order valence-electron chi connectivity index (χ1n) is 6.00. The van der Waals surface area contributed by atoms with E-state index in [0.29, 0.717) is 17.1 Å². The minimum absolute atomic E-state index is 0.125. The van der Waals surface area contributed by atoms with Gasteiger partial charge in [-0.1, -0.05) is 24.6 Å². The third-order valence-electron chi connectivity index (χ3n) is 3.48. The third kappa shape index (κ3) is 3.18. The largest absolute Gasteiger partial charge is 0.329 e. The molecule has 3 N–H and O–H groups in total. The molecule has 94 valence electrons. The molecule has 0 aromatic heterocycles. The topological polar surface area (TPSA) is 38.0 Å². The molecule has 0 amide bonds. The molecule has 1 aromatic carbocycles. The molecule has 2 rings (SSSR count). The molecular formula is C13H18ClFN2. The summed E-state index contributed by atoms with van der Waals surface area (Å²) in [6.45, 7) is 3.53. The predicted molar refractivity (Wildman–Crippen MR) is 68.5 cm³/mol. The van der Waals surface area contributed by atoms with Crippen LogP contribution in [0.5, 0.6) is 0 Å². The first kappa shape index (κ1) is 12.8. The lowest BCUT2D eigenvalue weighted by atomic mass is 10.1. The fourth-order valence-corrected chi connectivity index (χ4v) is 2.24. The van der Waals surface area contributed by atoms with E-state index in [4.69, 9.17) is 17.3 Å². The molecule has 3 atom stereocenters. The van der Waals surface area contributed by atoms with Gasteiger partial charge in [-0.25, -0.2) is 4.39 Å². The molecule has 4 heteroatoms. The molecule has 1 fully saturated rings. The van der Waals surface area contributed by atoms with E-state index in [1.54, 1.807) is 12.1 Å². The number of nitrogens with two attached hydrogens (primary N) is 1. The van der Waals surface area contributed by atoms with Crippen molar-refractivity contribution in [2.24, 2.45) is 17.6 Å². The molecule has 0 spiro atoms. The van der Waals surface area contributed by atoms with Gasteiger partial charge in [0.05, 0.1) is 0 Å². The molecule has 17 heavy (non-hydrogen) atoms. The highest BCUT2D eigenvalue weighted by atomic mass is 35.5. The van der Waals surface area contributed by atoms with E-state index >= 15 is 0 Å². The smallest absolute Gasteiger partial charge is 0.129 e. The van der Waals surface area contributed by atoms with Crippen molar-refractivity contribution in [1.29, 1.82) is 0 Å². The molecule has 2 nitrogen and oxygen atoms in total. The van der Waals surface area contributed by atoms with Crippen molar-refractivity contribution in [3.8, 4) is 0 Å². The van der Waals surface area contributed by atoms with Crippen molar-refractivity contribution in [2.75, 3.05) is 13.1 Å². The van der Waals surface area contributed by atoms with Crippen LogP contribution >= 0.6 is 11.6 Å². The van der Waals surface area contributed by atoms with Gasteiger partial charge in [-0.05, 0) is 36.9 Å². The van der Waals surface area contributed by atoms with Gasteiger partial charge in [0.25, 0.3) is 0 Å². The third-order valence-corrected chi connectivity index (χ3v) is 3.71. The number of halogens is 2. The molecule has 1 saturated carbocycles. The zero-order chi connectivity index (χ0) is 12.4. The lowest BCUT2D eigenvalue weighted by molar-refractivity contribution is 0.487. The van der Waals surface area contributed by atoms with Crippen molar-refractivity contribution < 1.29 is 4.39 Å². The van der Waals surface area contributed by atoms with Crippen LogP contribution in [0, 0.1) is 17.7 Å². The second-order valence-electron chi connectivity index (χ2n) is 4.84. The Labute approximate surface area is 106 Å². The minimum atomic E-state index is -0.288. The van der Waals surface area contributed by atoms with Gasteiger partial charge in [0.1, 0.15) is 5.82 Å². The van der Waals surface area contributed by atoms with Crippen molar-refractivity contribution in [3.05, 3.63) is 34.6 Å². The van der Waals surface area contributed by atoms with Gasteiger partial charge in [-0.3, -0.25) is 0 Å². The van der Waals surface area contributed by atoms with E-state index in [2.05, 4.69) is 12.2 Å². The summed E-state index contributed by atoms with van der Waals surface area (Å²) < 4.78 is 13.7. The summed E-state index contributed by atoms with van der Waals surface area (Å²) >= 11 is 5.73. The first-order valence-corrected chi connectivity index (χ1v) is 6.38. The lowest BCUT2D eigenvalue weighted by Crippen LogP contribution is -2.30. The maximum Gasteiger partial charge on any atom is 0.129 e. The standard InChI is InChI=1S/C13H18ClFN2/c1-8-4-9(8)7-17-13(6-16)11-3-2-10(14)5-12(11)15/h2-3,5,8-9,13,17H,4,6-7,16H2,1H3. The van der Waals surface area contributed by atoms with Crippen molar-refractivity contribution in [3.63, 3.8) is 0 Å². The molecule has 0 radical (unpaired) electrons. The highest BCUT2D eigenvalue weighted by molar-refractivity contribution is 6.30. The Morgan fingerprint density at radius 1 is 1.59 bits per heavy atom. The molecule has 1 aliphatic carbocycles. The molecule has 0 bridgehead atoms. The van der Waals surface area contributed by atoms with Crippen LogP contribution in [0.25, 0.3) is 0 Å². The van der Waals surface area contributed by atoms with Crippen molar-refractivity contribution in [1.82, 2.24) is 5.32 Å². The SMILES string of the molecule is CC1CC1CNC(CN)c1ccc(Cl)cc1F. The second-order valence-corrected chi connectivity index (χ2v) is 5.27. The molecular weight excluding hydrogens is 239 g/mol. The summed E-state index contributed by atoms with van der Waals surface area (Å²) in [6, 6.07) is 4.61. The lowest BCUT2D eigenvalue weighted by Gasteiger charge is -2.18. The summed E-state index contributed by atoms with van der Waals surface area (Å²) in [5.41, 5.74) is 6.29. The Morgan fingerprint density at radius 3 is 2.82 bits per heavy atom. The van der Waals surface area contributed by atoms with E-state index in [0.717, 1.165) is 18.4 Å². The maximum atomic E-state index is 13.7. The number of nitrogens with one attached hydrogen (secondary N) is 1. The van der Waals surface area contributed by atoms with Gasteiger partial charge in [0.15, 0.2) is 0 Å². The van der Waals surface area contributed by atoms with Crippen molar-refractivity contribution in [2.45, 2.75) is 19.4 Å². The van der Waals surface area contributed by atoms with Gasteiger partial charge in [0.2, 0.25) is 0 Å². The van der Waals surface area contributed by atoms with Gasteiger partial charge < -0.3 is 11.1 Å². The zero-order valence-corrected chi connectivity index (χ0v) is 10.7. The van der Waals surface area contributed by atoms with Gasteiger partial charge >= 0.3 is 0 Å². The van der Waals surface area contributed by atoms with E-state index in [1.807, 2.05) is 0 Å². The summed E-state index contributed by atoms with van der Waals surface area (Å²) in [4.78, 5) is 0. The monoisotopic (exact) mass is 256 g/mol. The van der Waals surface area contributed by atoms with Crippen LogP contribution in [0.3, 0.4) is 0 Å². The fraction of sp³-hybridized carbons (Fsp3) is 0.538. The number of hydrogen-bond donors (Lipinski definition) is 2. The quantitative estimate of drug-likeness (QED) is 0.850. The molecule has 0 saturated heterocycles. The van der Waals surface area contributed by atoms with E-state index < -0.39 is 0 Å². The number of rotatable bonds is 5. The Kier molecular flexibility index (Phi) is 4.02. The number of benzene rings is 1. The first-order chi connectivity index (χ1) is 8.11. The average Bonchev–Trinajstić information content (AvgIpc) is 2.98. The molecule has 1 aromatic rings. The predicted octanol–water partition coefficient (Wildman–Crippen LogP) is 2.72. The summed E-state index contributed by atoms with van der Waals surface area (Å²) in [6.07, 6.45) is 1.26. The molecule has 0 heterocycles. The van der Waals surface area contributed by atoms with Crippen molar-refractivity contribution >= 4 is 11.6 Å². The second kappa shape index (κ2) is 5.34. The Balaban J connectivity index is 2.00. The molecule has 0 aliphatic heterocycles. The highest BCUT2D eigenvalue weighted by Gasteiger charge is 2.32. The van der Waals surface area contributed by atoms with Gasteiger partial charge in [-0.15, -0.1) is 0 Å². The Morgan fingerprint density at radius 2 is 2.29 bits per heavy atom. The van der Waals surface area contributed by atoms with E-state index in [-0.39, 0.29) is 11.9 Å². The summed E-state index contributed by atoms with van der Waals surface area (Å²) in [5, 5.41) is 3.74. The van der Waals surface area contributed by atoms with Crippen LogP contribution in [0.2, 0.25) is 5.02 Å². The fourth-order valence-electron chi connectivity index (χ4n) is 2.08. The van der Waals surface area contributed by atoms with Crippen LogP contribution in [0.4, 0.5) is 4.39 Å². The normalized spacial score (nSPS) is 24.7. The van der Waals surface area contributed by atoms with Crippen LogP contribution in [-0.2, 0) is 0 Å². The Hall–Kier alpha value is -0.640. The van der Waals surface area contributed by atoms with Crippen LogP contribution in [0.15, 0.2) is 18.2 Å². The minimum Gasteiger partial charge on any atom is -0.329 e. The Bertz CT molecular complexity index is 397. The van der Waals surface area contributed by atoms with Gasteiger partial charge in [-0.2, -0.15) is 0 Å². The zero-order valence-electron chi connectivity index (χ0n) is 9.92. The molecule has 1 aliphatic rings.